The van der Waals surface area contributed by atoms with Gasteiger partial charge < -0.3 is 14.8 Å². The third kappa shape index (κ3) is 5.85. The molecule has 1 atom stereocenters. The summed E-state index contributed by atoms with van der Waals surface area (Å²) < 4.78 is 10.6. The van der Waals surface area contributed by atoms with Crippen LogP contribution in [0.2, 0.25) is 0 Å². The summed E-state index contributed by atoms with van der Waals surface area (Å²) in [7, 11) is 0. The van der Waals surface area contributed by atoms with E-state index >= 15 is 0 Å². The van der Waals surface area contributed by atoms with Crippen molar-refractivity contribution in [2.75, 3.05) is 13.2 Å². The number of carbonyl (C=O) groups is 2. The van der Waals surface area contributed by atoms with Gasteiger partial charge in [-0.15, -0.1) is 0 Å². The Morgan fingerprint density at radius 3 is 2.33 bits per heavy atom. The lowest BCUT2D eigenvalue weighted by Gasteiger charge is -2.27. The lowest BCUT2D eigenvalue weighted by Crippen LogP contribution is -2.45. The van der Waals surface area contributed by atoms with Crippen molar-refractivity contribution in [2.24, 2.45) is 5.92 Å². The van der Waals surface area contributed by atoms with E-state index in [0.717, 1.165) is 5.56 Å². The molecule has 0 bridgehead atoms. The third-order valence-corrected chi connectivity index (χ3v) is 3.67. The molecule has 132 valence electrons. The number of carbonyl (C=O) groups excluding carboxylic acids is 2. The number of benzene rings is 1. The van der Waals surface area contributed by atoms with Gasteiger partial charge in [0, 0.05) is 19.1 Å². The zero-order valence-corrected chi connectivity index (χ0v) is 14.5. The molecule has 24 heavy (non-hydrogen) atoms. The lowest BCUT2D eigenvalue weighted by atomic mass is 9.99. The molecule has 1 saturated heterocycles. The van der Waals surface area contributed by atoms with E-state index in [1.54, 1.807) is 20.8 Å². The number of ether oxygens (including phenoxy) is 2. The van der Waals surface area contributed by atoms with E-state index in [4.69, 9.17) is 9.47 Å². The Labute approximate surface area is 142 Å². The molecule has 2 N–H and O–H groups in total. The standard InChI is InChI=1S/C18H26N2O4/c1-18(2,3)24-17(22)20-15(13-7-5-4-6-8-13)19-16(21)14-9-11-23-12-10-14/h4-8,14-15H,9-12H2,1-3H3,(H,19,21)(H,20,22)/t15-/m1/s1. The van der Waals surface area contributed by atoms with Gasteiger partial charge in [-0.25, -0.2) is 4.79 Å². The van der Waals surface area contributed by atoms with E-state index in [2.05, 4.69) is 10.6 Å². The molecular weight excluding hydrogens is 308 g/mol. The SMILES string of the molecule is CC(C)(C)OC(=O)N[C@@H](NC(=O)C1CCOCC1)c1ccccc1. The normalized spacial score (nSPS) is 17.0. The molecule has 1 aliphatic heterocycles. The molecule has 0 aromatic heterocycles. The van der Waals surface area contributed by atoms with Crippen LogP contribution in [-0.4, -0.2) is 30.8 Å². The monoisotopic (exact) mass is 334 g/mol. The van der Waals surface area contributed by atoms with Crippen LogP contribution in [0.4, 0.5) is 4.79 Å². The summed E-state index contributed by atoms with van der Waals surface area (Å²) >= 11 is 0. The molecule has 1 fully saturated rings. The molecular formula is C18H26N2O4. The molecule has 6 nitrogen and oxygen atoms in total. The van der Waals surface area contributed by atoms with Crippen molar-refractivity contribution in [3.8, 4) is 0 Å². The van der Waals surface area contributed by atoms with Gasteiger partial charge in [0.1, 0.15) is 11.8 Å². The Balaban J connectivity index is 2.05. The molecule has 1 aromatic carbocycles. The summed E-state index contributed by atoms with van der Waals surface area (Å²) in [6.07, 6.45) is 0.194. The summed E-state index contributed by atoms with van der Waals surface area (Å²) in [5, 5.41) is 5.65. The fourth-order valence-corrected chi connectivity index (χ4v) is 2.49. The first-order valence-electron chi connectivity index (χ1n) is 8.28. The molecule has 0 spiro atoms. The van der Waals surface area contributed by atoms with Crippen LogP contribution < -0.4 is 10.6 Å². The van der Waals surface area contributed by atoms with Crippen molar-refractivity contribution in [2.45, 2.75) is 45.4 Å². The van der Waals surface area contributed by atoms with Crippen LogP contribution in [0.1, 0.15) is 45.3 Å². The predicted octanol–water partition coefficient (Wildman–Crippen LogP) is 2.75. The highest BCUT2D eigenvalue weighted by molar-refractivity contribution is 5.80. The first-order chi connectivity index (χ1) is 11.3. The highest BCUT2D eigenvalue weighted by Crippen LogP contribution is 2.18. The van der Waals surface area contributed by atoms with Crippen LogP contribution in [0.3, 0.4) is 0 Å². The fourth-order valence-electron chi connectivity index (χ4n) is 2.49. The quantitative estimate of drug-likeness (QED) is 0.830. The Morgan fingerprint density at radius 1 is 1.12 bits per heavy atom. The molecule has 0 radical (unpaired) electrons. The molecule has 6 heteroatoms. The summed E-state index contributed by atoms with van der Waals surface area (Å²) in [4.78, 5) is 24.6. The molecule has 1 aliphatic rings. The first kappa shape index (κ1) is 18.3. The largest absolute Gasteiger partial charge is 0.444 e. The molecule has 0 saturated carbocycles. The maximum atomic E-state index is 12.5. The van der Waals surface area contributed by atoms with Gasteiger partial charge >= 0.3 is 6.09 Å². The molecule has 0 unspecified atom stereocenters. The van der Waals surface area contributed by atoms with Crippen molar-refractivity contribution in [3.63, 3.8) is 0 Å². The summed E-state index contributed by atoms with van der Waals surface area (Å²) in [6, 6.07) is 9.31. The maximum Gasteiger partial charge on any atom is 0.409 e. The van der Waals surface area contributed by atoms with Crippen LogP contribution in [0, 0.1) is 5.92 Å². The van der Waals surface area contributed by atoms with E-state index < -0.39 is 17.9 Å². The smallest absolute Gasteiger partial charge is 0.409 e. The minimum Gasteiger partial charge on any atom is -0.444 e. The third-order valence-electron chi connectivity index (χ3n) is 3.67. The molecule has 1 aromatic rings. The Morgan fingerprint density at radius 2 is 1.75 bits per heavy atom. The van der Waals surface area contributed by atoms with Crippen LogP contribution >= 0.6 is 0 Å². The second kappa shape index (κ2) is 8.15. The Bertz CT molecular complexity index is 548. The van der Waals surface area contributed by atoms with E-state index in [1.807, 2.05) is 30.3 Å². The van der Waals surface area contributed by atoms with Gasteiger partial charge in [0.25, 0.3) is 0 Å². The van der Waals surface area contributed by atoms with Crippen LogP contribution in [0.5, 0.6) is 0 Å². The van der Waals surface area contributed by atoms with Crippen molar-refractivity contribution in [1.82, 2.24) is 10.6 Å². The van der Waals surface area contributed by atoms with Gasteiger partial charge in [-0.1, -0.05) is 30.3 Å². The number of rotatable bonds is 4. The van der Waals surface area contributed by atoms with Gasteiger partial charge in [0.05, 0.1) is 0 Å². The molecule has 1 heterocycles. The van der Waals surface area contributed by atoms with Gasteiger partial charge in [0.15, 0.2) is 0 Å². The highest BCUT2D eigenvalue weighted by atomic mass is 16.6. The van der Waals surface area contributed by atoms with E-state index in [9.17, 15) is 9.59 Å². The minimum absolute atomic E-state index is 0.0804. The first-order valence-corrected chi connectivity index (χ1v) is 8.28. The second-order valence-corrected chi connectivity index (χ2v) is 6.89. The van der Waals surface area contributed by atoms with Crippen molar-refractivity contribution >= 4 is 12.0 Å². The van der Waals surface area contributed by atoms with Gasteiger partial charge in [-0.3, -0.25) is 10.1 Å². The summed E-state index contributed by atoms with van der Waals surface area (Å²) in [5.74, 6) is -0.173. The zero-order valence-electron chi connectivity index (χ0n) is 14.5. The highest BCUT2D eigenvalue weighted by Gasteiger charge is 2.26. The van der Waals surface area contributed by atoms with Crippen molar-refractivity contribution in [1.29, 1.82) is 0 Å². The van der Waals surface area contributed by atoms with Crippen molar-refractivity contribution in [3.05, 3.63) is 35.9 Å². The summed E-state index contributed by atoms with van der Waals surface area (Å²) in [5.41, 5.74) is 0.194. The fraction of sp³-hybridized carbons (Fsp3) is 0.556. The molecule has 0 aliphatic carbocycles. The Kier molecular flexibility index (Phi) is 6.20. The second-order valence-electron chi connectivity index (χ2n) is 6.89. The topological polar surface area (TPSA) is 76.7 Å². The number of amides is 2. The molecule has 2 amide bonds. The number of hydrogen-bond acceptors (Lipinski definition) is 4. The van der Waals surface area contributed by atoms with Gasteiger partial charge in [-0.05, 0) is 39.2 Å². The van der Waals surface area contributed by atoms with Gasteiger partial charge in [0.2, 0.25) is 5.91 Å². The Hall–Kier alpha value is -2.08. The van der Waals surface area contributed by atoms with E-state index in [-0.39, 0.29) is 11.8 Å². The number of alkyl carbamates (subject to hydrolysis) is 1. The summed E-state index contributed by atoms with van der Waals surface area (Å²) in [6.45, 7) is 6.57. The van der Waals surface area contributed by atoms with Crippen LogP contribution in [0.15, 0.2) is 30.3 Å². The number of hydrogen-bond donors (Lipinski definition) is 2. The minimum atomic E-state index is -0.628. The lowest BCUT2D eigenvalue weighted by molar-refractivity contribution is -0.128. The van der Waals surface area contributed by atoms with E-state index in [0.29, 0.717) is 26.1 Å². The van der Waals surface area contributed by atoms with E-state index in [1.165, 1.54) is 0 Å². The predicted molar refractivity (Wildman–Crippen MR) is 90.2 cm³/mol. The average molecular weight is 334 g/mol. The maximum absolute atomic E-state index is 12.5. The van der Waals surface area contributed by atoms with Crippen LogP contribution in [0.25, 0.3) is 0 Å². The molecule has 2 rings (SSSR count). The number of nitrogens with one attached hydrogen (secondary N) is 2. The van der Waals surface area contributed by atoms with Crippen LogP contribution in [-0.2, 0) is 14.3 Å². The van der Waals surface area contributed by atoms with Crippen molar-refractivity contribution < 1.29 is 19.1 Å². The van der Waals surface area contributed by atoms with Gasteiger partial charge in [-0.2, -0.15) is 0 Å². The zero-order chi connectivity index (χ0) is 17.6. The average Bonchev–Trinajstić information content (AvgIpc) is 2.54.